The molecule has 3 N–H and O–H groups in total. The molecule has 1 saturated carbocycles. The Kier molecular flexibility index (Phi) is 4.04. The number of H-pyrrole nitrogens is 1. The maximum atomic E-state index is 13.4. The van der Waals surface area contributed by atoms with Gasteiger partial charge in [0.1, 0.15) is 22.9 Å². The molecule has 5 nitrogen and oxygen atoms in total. The maximum absolute atomic E-state index is 13.4. The van der Waals surface area contributed by atoms with E-state index in [2.05, 4.69) is 9.97 Å². The minimum absolute atomic E-state index is 0.0535. The zero-order valence-corrected chi connectivity index (χ0v) is 15.6. The van der Waals surface area contributed by atoms with E-state index in [1.807, 2.05) is 10.6 Å². The number of nitrogen functional groups attached to an aromatic ring is 1. The number of hydrogen-bond donors (Lipinski definition) is 2. The molecule has 1 aliphatic rings. The van der Waals surface area contributed by atoms with Gasteiger partial charge in [0.2, 0.25) is 0 Å². The number of halogens is 3. The first-order chi connectivity index (χ1) is 13.9. The smallest absolute Gasteiger partial charge is 0.382 e. The Morgan fingerprint density at radius 2 is 1.93 bits per heavy atom. The zero-order chi connectivity index (χ0) is 20.2. The average Bonchev–Trinajstić information content (AvgIpc) is 3.30. The van der Waals surface area contributed by atoms with Crippen LogP contribution in [0.4, 0.5) is 19.0 Å². The summed E-state index contributed by atoms with van der Waals surface area (Å²) in [5, 5.41) is 0.484. The molecule has 1 aliphatic carbocycles. The second-order valence-corrected chi connectivity index (χ2v) is 7.64. The fraction of sp³-hybridized carbons (Fsp3) is 0.333. The van der Waals surface area contributed by atoms with Gasteiger partial charge in [-0.3, -0.25) is 4.40 Å². The van der Waals surface area contributed by atoms with Crippen molar-refractivity contribution in [3.8, 4) is 11.4 Å². The van der Waals surface area contributed by atoms with Gasteiger partial charge >= 0.3 is 6.18 Å². The summed E-state index contributed by atoms with van der Waals surface area (Å²) in [6, 6.07) is 5.85. The number of fused-ring (bicyclic) bond motifs is 2. The zero-order valence-electron chi connectivity index (χ0n) is 15.6. The number of nitrogens with zero attached hydrogens (tertiary/aromatic N) is 3. The van der Waals surface area contributed by atoms with Crippen LogP contribution < -0.4 is 5.73 Å². The molecule has 29 heavy (non-hydrogen) atoms. The van der Waals surface area contributed by atoms with Crippen LogP contribution in [-0.2, 0) is 6.18 Å². The van der Waals surface area contributed by atoms with Crippen LogP contribution >= 0.6 is 0 Å². The van der Waals surface area contributed by atoms with Crippen LogP contribution in [0.2, 0.25) is 0 Å². The van der Waals surface area contributed by atoms with Gasteiger partial charge in [0, 0.05) is 23.7 Å². The second kappa shape index (κ2) is 6.50. The molecule has 4 aromatic rings. The fourth-order valence-electron chi connectivity index (χ4n) is 4.44. The van der Waals surface area contributed by atoms with Crippen molar-refractivity contribution < 1.29 is 13.2 Å². The highest BCUT2D eigenvalue weighted by atomic mass is 19.4. The van der Waals surface area contributed by atoms with Crippen LogP contribution in [0.5, 0.6) is 0 Å². The van der Waals surface area contributed by atoms with E-state index in [9.17, 15) is 13.2 Å². The second-order valence-electron chi connectivity index (χ2n) is 7.64. The first-order valence-corrected chi connectivity index (χ1v) is 9.75. The Balaban J connectivity index is 1.73. The molecule has 0 spiro atoms. The van der Waals surface area contributed by atoms with Crippen LogP contribution in [0.25, 0.3) is 27.8 Å². The fourth-order valence-corrected chi connectivity index (χ4v) is 4.44. The van der Waals surface area contributed by atoms with Crippen molar-refractivity contribution in [3.05, 3.63) is 48.0 Å². The van der Waals surface area contributed by atoms with E-state index in [1.54, 1.807) is 18.3 Å². The highest BCUT2D eigenvalue weighted by Crippen LogP contribution is 2.39. The highest BCUT2D eigenvalue weighted by molar-refractivity contribution is 5.92. The molecule has 0 unspecified atom stereocenters. The minimum atomic E-state index is -4.44. The lowest BCUT2D eigenvalue weighted by molar-refractivity contribution is -0.136. The van der Waals surface area contributed by atoms with Crippen LogP contribution in [0, 0.1) is 0 Å². The van der Waals surface area contributed by atoms with Gasteiger partial charge in [-0.2, -0.15) is 13.2 Å². The topological polar surface area (TPSA) is 72.0 Å². The van der Waals surface area contributed by atoms with E-state index in [1.165, 1.54) is 12.5 Å². The third-order valence-corrected chi connectivity index (χ3v) is 5.80. The number of benzene rings is 1. The molecule has 0 saturated heterocycles. The van der Waals surface area contributed by atoms with E-state index < -0.39 is 11.7 Å². The Labute approximate surface area is 164 Å². The summed E-state index contributed by atoms with van der Waals surface area (Å²) >= 11 is 0. The first-order valence-electron chi connectivity index (χ1n) is 9.75. The number of hydrogen-bond acceptors (Lipinski definition) is 3. The van der Waals surface area contributed by atoms with E-state index in [-0.39, 0.29) is 5.52 Å². The number of rotatable bonds is 2. The number of para-hydroxylation sites is 1. The Morgan fingerprint density at radius 3 is 2.69 bits per heavy atom. The molecule has 150 valence electrons. The molecule has 0 amide bonds. The number of aromatic nitrogens is 4. The van der Waals surface area contributed by atoms with Gasteiger partial charge < -0.3 is 10.7 Å². The predicted octanol–water partition coefficient (Wildman–Crippen LogP) is 5.53. The van der Waals surface area contributed by atoms with Gasteiger partial charge in [-0.1, -0.05) is 31.4 Å². The van der Waals surface area contributed by atoms with Crippen molar-refractivity contribution in [2.45, 2.75) is 44.2 Å². The quantitative estimate of drug-likeness (QED) is 0.466. The molecule has 0 bridgehead atoms. The molecular weight excluding hydrogens is 379 g/mol. The SMILES string of the molecule is Nc1nccn2c(C3CCCCC3)nc(-c3cc4cccc(C(F)(F)F)c4[nH]3)c12. The van der Waals surface area contributed by atoms with Crippen molar-refractivity contribution in [1.29, 1.82) is 0 Å². The van der Waals surface area contributed by atoms with Gasteiger partial charge in [-0.15, -0.1) is 0 Å². The summed E-state index contributed by atoms with van der Waals surface area (Å²) in [4.78, 5) is 12.0. The third-order valence-electron chi connectivity index (χ3n) is 5.80. The van der Waals surface area contributed by atoms with Gasteiger partial charge in [-0.25, -0.2) is 9.97 Å². The first kappa shape index (κ1) is 18.0. The number of nitrogens with two attached hydrogens (primary N) is 1. The third kappa shape index (κ3) is 2.94. The summed E-state index contributed by atoms with van der Waals surface area (Å²) in [5.41, 5.74) is 7.21. The Morgan fingerprint density at radius 1 is 1.14 bits per heavy atom. The lowest BCUT2D eigenvalue weighted by Crippen LogP contribution is -2.09. The normalized spacial score (nSPS) is 16.1. The summed E-state index contributed by atoms with van der Waals surface area (Å²) in [6.07, 6.45) is 4.64. The monoisotopic (exact) mass is 399 g/mol. The summed E-state index contributed by atoms with van der Waals surface area (Å²) < 4.78 is 42.2. The van der Waals surface area contributed by atoms with Crippen LogP contribution in [0.1, 0.15) is 49.4 Å². The van der Waals surface area contributed by atoms with E-state index in [0.717, 1.165) is 37.6 Å². The molecule has 1 fully saturated rings. The standard InChI is InChI=1S/C21H20F3N5/c22-21(23,24)14-8-4-7-13-11-15(27-16(13)14)17-18-19(25)26-9-10-29(18)20(28-17)12-5-2-1-3-6-12/h4,7-12,27H,1-3,5-6H2,(H2,25,26). The van der Waals surface area contributed by atoms with Crippen LogP contribution in [0.3, 0.4) is 0 Å². The lowest BCUT2D eigenvalue weighted by Gasteiger charge is -2.20. The Bertz CT molecular complexity index is 1200. The Hall–Kier alpha value is -3.03. The molecule has 0 radical (unpaired) electrons. The van der Waals surface area contributed by atoms with Gasteiger partial charge in [0.15, 0.2) is 0 Å². The number of imidazole rings is 1. The number of alkyl halides is 3. The molecule has 0 atom stereocenters. The number of anilines is 1. The van der Waals surface area contributed by atoms with Crippen LogP contribution in [0.15, 0.2) is 36.7 Å². The largest absolute Gasteiger partial charge is 0.418 e. The molecule has 1 aromatic carbocycles. The summed E-state index contributed by atoms with van der Waals surface area (Å²) in [6.45, 7) is 0. The molecule has 8 heteroatoms. The highest BCUT2D eigenvalue weighted by Gasteiger charge is 2.33. The van der Waals surface area contributed by atoms with Crippen molar-refractivity contribution in [2.75, 3.05) is 5.73 Å². The van der Waals surface area contributed by atoms with Crippen molar-refractivity contribution in [2.24, 2.45) is 0 Å². The van der Waals surface area contributed by atoms with Crippen molar-refractivity contribution >= 4 is 22.2 Å². The summed E-state index contributed by atoms with van der Waals surface area (Å²) in [5.74, 6) is 1.52. The molecule has 5 rings (SSSR count). The molecule has 3 aromatic heterocycles. The minimum Gasteiger partial charge on any atom is -0.382 e. The van der Waals surface area contributed by atoms with Crippen molar-refractivity contribution in [3.63, 3.8) is 0 Å². The van der Waals surface area contributed by atoms with Crippen molar-refractivity contribution in [1.82, 2.24) is 19.4 Å². The summed E-state index contributed by atoms with van der Waals surface area (Å²) in [7, 11) is 0. The van der Waals surface area contributed by atoms with Gasteiger partial charge in [0.05, 0.1) is 16.8 Å². The van der Waals surface area contributed by atoms with E-state index >= 15 is 0 Å². The molecular formula is C21H20F3N5. The van der Waals surface area contributed by atoms with E-state index in [0.29, 0.717) is 34.0 Å². The van der Waals surface area contributed by atoms with Gasteiger partial charge in [-0.05, 0) is 25.0 Å². The van der Waals surface area contributed by atoms with Gasteiger partial charge in [0.25, 0.3) is 0 Å². The predicted molar refractivity (Wildman–Crippen MR) is 106 cm³/mol. The van der Waals surface area contributed by atoms with Crippen LogP contribution in [-0.4, -0.2) is 19.4 Å². The van der Waals surface area contributed by atoms with E-state index in [4.69, 9.17) is 10.7 Å². The average molecular weight is 399 g/mol. The molecule has 3 heterocycles. The molecule has 0 aliphatic heterocycles. The lowest BCUT2D eigenvalue weighted by atomic mass is 9.89. The number of aromatic amines is 1. The number of nitrogens with one attached hydrogen (secondary N) is 1. The maximum Gasteiger partial charge on any atom is 0.418 e.